The second-order valence-corrected chi connectivity index (χ2v) is 7.34. The maximum absolute atomic E-state index is 12.0. The van der Waals surface area contributed by atoms with E-state index in [-0.39, 0.29) is 18.2 Å². The number of aromatic nitrogens is 2. The lowest BCUT2D eigenvalue weighted by Crippen LogP contribution is -2.60. The Bertz CT molecular complexity index is 774. The van der Waals surface area contributed by atoms with Gasteiger partial charge >= 0.3 is 0 Å². The zero-order valence-electron chi connectivity index (χ0n) is 15.4. The molecule has 6 nitrogen and oxygen atoms in total. The monoisotopic (exact) mass is 341 g/mol. The number of nitrogens with one attached hydrogen (secondary N) is 3. The van der Waals surface area contributed by atoms with Crippen LogP contribution in [-0.2, 0) is 4.79 Å². The molecule has 0 spiro atoms. The average Bonchev–Trinajstić information content (AvgIpc) is 2.53. The Morgan fingerprint density at radius 1 is 1.28 bits per heavy atom. The third-order valence-corrected chi connectivity index (χ3v) is 4.55. The molecular weight excluding hydrogens is 314 g/mol. The van der Waals surface area contributed by atoms with E-state index in [4.69, 9.17) is 0 Å². The van der Waals surface area contributed by atoms with Gasteiger partial charge in [0.25, 0.3) is 0 Å². The number of benzene rings is 1. The maximum Gasteiger partial charge on any atom is 0.226 e. The van der Waals surface area contributed by atoms with Crippen LogP contribution in [0.2, 0.25) is 0 Å². The first kappa shape index (κ1) is 17.6. The molecule has 1 aromatic carbocycles. The molecule has 6 heteroatoms. The van der Waals surface area contributed by atoms with Crippen molar-refractivity contribution in [3.8, 4) is 0 Å². The number of carbonyl (C=O) groups is 1. The fourth-order valence-electron chi connectivity index (χ4n) is 3.17. The summed E-state index contributed by atoms with van der Waals surface area (Å²) in [6.45, 7) is 8.44. The summed E-state index contributed by atoms with van der Waals surface area (Å²) in [7, 11) is 0. The molecule has 2 aromatic rings. The Hall–Kier alpha value is -2.21. The van der Waals surface area contributed by atoms with E-state index in [1.807, 2.05) is 19.1 Å². The molecule has 2 unspecified atom stereocenters. The molecule has 3 rings (SSSR count). The Morgan fingerprint density at radius 2 is 2.08 bits per heavy atom. The molecule has 1 fully saturated rings. The van der Waals surface area contributed by atoms with Crippen molar-refractivity contribution in [2.75, 3.05) is 5.32 Å². The van der Waals surface area contributed by atoms with E-state index >= 15 is 0 Å². The highest BCUT2D eigenvalue weighted by Crippen LogP contribution is 2.19. The number of carbonyl (C=O) groups excluding carboxylic acids is 1. The summed E-state index contributed by atoms with van der Waals surface area (Å²) < 4.78 is 0. The van der Waals surface area contributed by atoms with Crippen LogP contribution in [0.15, 0.2) is 18.2 Å². The number of amides is 1. The zero-order valence-corrected chi connectivity index (χ0v) is 15.4. The number of hydrogen-bond acceptors (Lipinski definition) is 5. The van der Waals surface area contributed by atoms with Crippen LogP contribution in [0.1, 0.15) is 44.4 Å². The van der Waals surface area contributed by atoms with Gasteiger partial charge in [0.1, 0.15) is 0 Å². The molecule has 1 aromatic heterocycles. The second-order valence-electron chi connectivity index (χ2n) is 7.34. The standard InChI is InChI=1S/C19H27N5O/c1-11(2)5-7-14-10-17(25)23-19(21-14)24-18-20-13(4)15-9-12(3)6-8-16(15)22-18/h6,8-9,11,14,19,21H,5,7,10H2,1-4H3,(H,23,25)(H,20,22,24). The lowest BCUT2D eigenvalue weighted by Gasteiger charge is -2.32. The van der Waals surface area contributed by atoms with Crippen molar-refractivity contribution >= 4 is 22.8 Å². The molecule has 134 valence electrons. The van der Waals surface area contributed by atoms with Crippen LogP contribution >= 0.6 is 0 Å². The Labute approximate surface area is 148 Å². The lowest BCUT2D eigenvalue weighted by molar-refractivity contribution is -0.124. The van der Waals surface area contributed by atoms with Crippen LogP contribution in [-0.4, -0.2) is 28.2 Å². The van der Waals surface area contributed by atoms with Crippen molar-refractivity contribution in [2.45, 2.75) is 59.3 Å². The lowest BCUT2D eigenvalue weighted by atomic mass is 10.00. The largest absolute Gasteiger partial charge is 0.323 e. The number of rotatable bonds is 5. The van der Waals surface area contributed by atoms with Gasteiger partial charge in [-0.25, -0.2) is 9.97 Å². The van der Waals surface area contributed by atoms with E-state index in [0.717, 1.165) is 29.4 Å². The van der Waals surface area contributed by atoms with Crippen LogP contribution in [0.25, 0.3) is 10.9 Å². The summed E-state index contributed by atoms with van der Waals surface area (Å²) in [6.07, 6.45) is 2.26. The highest BCUT2D eigenvalue weighted by molar-refractivity contribution is 5.82. The molecule has 0 saturated carbocycles. The number of hydrogen-bond donors (Lipinski definition) is 3. The third kappa shape index (κ3) is 4.45. The highest BCUT2D eigenvalue weighted by Gasteiger charge is 2.26. The summed E-state index contributed by atoms with van der Waals surface area (Å²) in [5.74, 6) is 1.21. The van der Waals surface area contributed by atoms with Crippen molar-refractivity contribution < 1.29 is 4.79 Å². The van der Waals surface area contributed by atoms with E-state index < -0.39 is 0 Å². The van der Waals surface area contributed by atoms with E-state index in [2.05, 4.69) is 52.8 Å². The molecule has 1 aliphatic heterocycles. The van der Waals surface area contributed by atoms with Crippen LogP contribution in [0, 0.1) is 19.8 Å². The highest BCUT2D eigenvalue weighted by atomic mass is 16.2. The predicted molar refractivity (Wildman–Crippen MR) is 100 cm³/mol. The fraction of sp³-hybridized carbons (Fsp3) is 0.526. The van der Waals surface area contributed by atoms with Crippen molar-refractivity contribution in [3.63, 3.8) is 0 Å². The summed E-state index contributed by atoms with van der Waals surface area (Å²) in [5.41, 5.74) is 3.02. The zero-order chi connectivity index (χ0) is 18.0. The van der Waals surface area contributed by atoms with Gasteiger partial charge in [-0.2, -0.15) is 0 Å². The van der Waals surface area contributed by atoms with Gasteiger partial charge in [-0.1, -0.05) is 25.5 Å². The Balaban J connectivity index is 1.73. The van der Waals surface area contributed by atoms with Crippen LogP contribution < -0.4 is 16.0 Å². The van der Waals surface area contributed by atoms with Gasteiger partial charge in [0.05, 0.1) is 11.2 Å². The number of anilines is 1. The molecule has 25 heavy (non-hydrogen) atoms. The first-order valence-electron chi connectivity index (χ1n) is 8.97. The van der Waals surface area contributed by atoms with Crippen LogP contribution in [0.5, 0.6) is 0 Å². The van der Waals surface area contributed by atoms with E-state index in [9.17, 15) is 4.79 Å². The topological polar surface area (TPSA) is 78.9 Å². The normalized spacial score (nSPS) is 20.8. The second kappa shape index (κ2) is 7.35. The van der Waals surface area contributed by atoms with E-state index in [1.54, 1.807) is 0 Å². The Kier molecular flexibility index (Phi) is 5.18. The molecule has 1 saturated heterocycles. The van der Waals surface area contributed by atoms with Crippen molar-refractivity contribution in [3.05, 3.63) is 29.5 Å². The summed E-state index contributed by atoms with van der Waals surface area (Å²) in [4.78, 5) is 21.1. The van der Waals surface area contributed by atoms with Gasteiger partial charge in [0, 0.05) is 17.8 Å². The van der Waals surface area contributed by atoms with Gasteiger partial charge in [-0.05, 0) is 44.7 Å². The number of nitrogens with zero attached hydrogens (tertiary/aromatic N) is 2. The van der Waals surface area contributed by atoms with Gasteiger partial charge < -0.3 is 10.6 Å². The van der Waals surface area contributed by atoms with Crippen molar-refractivity contribution in [2.24, 2.45) is 5.92 Å². The minimum atomic E-state index is -0.347. The summed E-state index contributed by atoms with van der Waals surface area (Å²) in [5, 5.41) is 10.6. The molecule has 0 radical (unpaired) electrons. The summed E-state index contributed by atoms with van der Waals surface area (Å²) >= 11 is 0. The van der Waals surface area contributed by atoms with E-state index in [0.29, 0.717) is 18.3 Å². The first-order chi connectivity index (χ1) is 11.9. The van der Waals surface area contributed by atoms with Gasteiger partial charge in [-0.15, -0.1) is 0 Å². The smallest absolute Gasteiger partial charge is 0.226 e. The SMILES string of the molecule is Cc1ccc2nc(NC3NC(=O)CC(CCC(C)C)N3)nc(C)c2c1. The predicted octanol–water partition coefficient (Wildman–Crippen LogP) is 2.86. The number of fused-ring (bicyclic) bond motifs is 1. The summed E-state index contributed by atoms with van der Waals surface area (Å²) in [6, 6.07) is 6.32. The molecule has 2 atom stereocenters. The molecular formula is C19H27N5O. The quantitative estimate of drug-likeness (QED) is 0.779. The van der Waals surface area contributed by atoms with Gasteiger partial charge in [-0.3, -0.25) is 10.1 Å². The minimum Gasteiger partial charge on any atom is -0.323 e. The van der Waals surface area contributed by atoms with Crippen LogP contribution in [0.4, 0.5) is 5.95 Å². The molecule has 0 aliphatic carbocycles. The van der Waals surface area contributed by atoms with Crippen LogP contribution in [0.3, 0.4) is 0 Å². The number of aryl methyl sites for hydroxylation is 2. The van der Waals surface area contributed by atoms with Crippen molar-refractivity contribution in [1.29, 1.82) is 0 Å². The molecule has 2 heterocycles. The maximum atomic E-state index is 12.0. The van der Waals surface area contributed by atoms with Gasteiger partial charge in [0.2, 0.25) is 11.9 Å². The third-order valence-electron chi connectivity index (χ3n) is 4.55. The minimum absolute atomic E-state index is 0.0538. The molecule has 0 bridgehead atoms. The fourth-order valence-corrected chi connectivity index (χ4v) is 3.17. The van der Waals surface area contributed by atoms with E-state index in [1.165, 1.54) is 5.56 Å². The molecule has 3 N–H and O–H groups in total. The Morgan fingerprint density at radius 3 is 2.84 bits per heavy atom. The molecule has 1 amide bonds. The van der Waals surface area contributed by atoms with Gasteiger partial charge in [0.15, 0.2) is 6.29 Å². The first-order valence-corrected chi connectivity index (χ1v) is 8.97. The molecule has 1 aliphatic rings. The average molecular weight is 341 g/mol. The van der Waals surface area contributed by atoms with Crippen molar-refractivity contribution in [1.82, 2.24) is 20.6 Å².